The number of anilines is 2. The summed E-state index contributed by atoms with van der Waals surface area (Å²) in [5.74, 6) is -0.466. The van der Waals surface area contributed by atoms with Gasteiger partial charge in [-0.15, -0.1) is 0 Å². The minimum atomic E-state index is -4.67. The molecule has 2 aromatic carbocycles. The van der Waals surface area contributed by atoms with Crippen molar-refractivity contribution >= 4 is 46.0 Å². The maximum Gasteiger partial charge on any atom is 0.433 e. The van der Waals surface area contributed by atoms with Crippen LogP contribution in [0.5, 0.6) is 11.5 Å². The van der Waals surface area contributed by atoms with Crippen molar-refractivity contribution in [3.05, 3.63) is 71.7 Å². The molecule has 18 heteroatoms. The van der Waals surface area contributed by atoms with E-state index < -0.39 is 23.8 Å². The van der Waals surface area contributed by atoms with Gasteiger partial charge in [-0.2, -0.15) is 18.3 Å². The number of piperidine rings is 1. The maximum atomic E-state index is 13.5. The van der Waals surface area contributed by atoms with E-state index in [0.29, 0.717) is 47.0 Å². The third-order valence-electron chi connectivity index (χ3n) is 10.7. The number of pyridine rings is 1. The summed E-state index contributed by atoms with van der Waals surface area (Å²) in [5, 5.41) is 10.5. The van der Waals surface area contributed by atoms with Gasteiger partial charge in [0.1, 0.15) is 22.9 Å². The van der Waals surface area contributed by atoms with E-state index in [1.165, 1.54) is 25.2 Å². The average Bonchev–Trinajstić information content (AvgIpc) is 3.63. The van der Waals surface area contributed by atoms with E-state index in [-0.39, 0.29) is 36.5 Å². The molecule has 2 aromatic heterocycles. The molecule has 5 amide bonds. The zero-order valence-corrected chi connectivity index (χ0v) is 31.7. The number of piperazine rings is 1. The van der Waals surface area contributed by atoms with Crippen LogP contribution in [0.3, 0.4) is 0 Å². The Balaban J connectivity index is 0.868. The lowest BCUT2D eigenvalue weighted by Crippen LogP contribution is -2.50. The molecule has 7 rings (SSSR count). The Morgan fingerprint density at radius 2 is 1.61 bits per heavy atom. The number of hydrogen-bond donors (Lipinski definition) is 2. The van der Waals surface area contributed by atoms with Crippen LogP contribution in [0, 0.1) is 0 Å². The number of aromatic nitrogens is 3. The molecule has 4 aromatic rings. The molecule has 0 saturated carbocycles. The van der Waals surface area contributed by atoms with Crippen molar-refractivity contribution < 1.29 is 41.8 Å². The first-order valence-corrected chi connectivity index (χ1v) is 18.9. The Kier molecular flexibility index (Phi) is 11.6. The fourth-order valence-electron chi connectivity index (χ4n) is 7.54. The number of amides is 5. The van der Waals surface area contributed by atoms with Crippen LogP contribution in [0.15, 0.2) is 54.7 Å². The quantitative estimate of drug-likeness (QED) is 0.220. The zero-order valence-electron chi connectivity index (χ0n) is 31.7. The second-order valence-electron chi connectivity index (χ2n) is 14.3. The van der Waals surface area contributed by atoms with E-state index in [2.05, 4.69) is 25.4 Å². The van der Waals surface area contributed by atoms with Gasteiger partial charge >= 0.3 is 12.2 Å². The van der Waals surface area contributed by atoms with Gasteiger partial charge in [0, 0.05) is 75.4 Å². The number of halogens is 3. The van der Waals surface area contributed by atoms with E-state index in [9.17, 15) is 32.3 Å². The molecule has 2 N–H and O–H groups in total. The molecule has 0 aliphatic carbocycles. The highest BCUT2D eigenvalue weighted by Crippen LogP contribution is 2.34. The highest BCUT2D eigenvalue weighted by molar-refractivity contribution is 6.07. The van der Waals surface area contributed by atoms with Gasteiger partial charge in [-0.05, 0) is 68.8 Å². The monoisotopic (exact) mass is 791 g/mol. The minimum Gasteiger partial charge on any atom is -0.495 e. The van der Waals surface area contributed by atoms with Gasteiger partial charge in [0.2, 0.25) is 5.91 Å². The summed E-state index contributed by atoms with van der Waals surface area (Å²) in [4.78, 5) is 62.0. The molecule has 15 nitrogen and oxygen atoms in total. The number of carbonyl (C=O) groups excluding carboxylic acids is 4. The van der Waals surface area contributed by atoms with Crippen molar-refractivity contribution in [1.82, 2.24) is 34.8 Å². The third-order valence-corrected chi connectivity index (χ3v) is 10.7. The molecule has 0 bridgehead atoms. The maximum absolute atomic E-state index is 13.5. The molecule has 0 spiro atoms. The topological polar surface area (TPSA) is 154 Å². The first-order chi connectivity index (χ1) is 27.4. The molecule has 0 atom stereocenters. The van der Waals surface area contributed by atoms with E-state index in [0.717, 1.165) is 76.0 Å². The van der Waals surface area contributed by atoms with Gasteiger partial charge < -0.3 is 24.6 Å². The highest BCUT2D eigenvalue weighted by Gasteiger charge is 2.33. The average molecular weight is 792 g/mol. The van der Waals surface area contributed by atoms with E-state index in [4.69, 9.17) is 14.6 Å². The van der Waals surface area contributed by atoms with Crippen molar-refractivity contribution in [3.63, 3.8) is 0 Å². The number of likely N-dealkylation sites (tertiary alicyclic amines) is 1. The molecule has 57 heavy (non-hydrogen) atoms. The first kappa shape index (κ1) is 39.5. The summed E-state index contributed by atoms with van der Waals surface area (Å²) in [7, 11) is 2.94. The lowest BCUT2D eigenvalue weighted by Gasteiger charge is -2.36. The molecule has 3 saturated heterocycles. The number of urea groups is 1. The van der Waals surface area contributed by atoms with E-state index in [1.807, 2.05) is 15.8 Å². The zero-order chi connectivity index (χ0) is 40.3. The molecular formula is C39H44F3N9O6. The number of alkyl halides is 3. The molecule has 5 heterocycles. The number of nitrogens with one attached hydrogen (secondary N) is 2. The number of benzene rings is 2. The molecule has 3 aliphatic heterocycles. The van der Waals surface area contributed by atoms with Gasteiger partial charge in [-0.3, -0.25) is 34.2 Å². The number of imide groups is 1. The third kappa shape index (κ3) is 8.96. The predicted molar refractivity (Wildman–Crippen MR) is 204 cm³/mol. The van der Waals surface area contributed by atoms with Crippen LogP contribution >= 0.6 is 0 Å². The smallest absolute Gasteiger partial charge is 0.433 e. The Bertz CT molecular complexity index is 2150. The van der Waals surface area contributed by atoms with Gasteiger partial charge in [-0.1, -0.05) is 6.07 Å². The standard InChI is InChI=1S/C39H44F3N9O6/c1-56-32-8-7-25(22-31(32)50-16-11-35(52)45-38(50)55)37(54)49-19-17-48(18-20-49)13-4-12-47-14-9-27(10-15-47)51-24-26-21-30(33(57-2)23-29(26)46-51)44-36(53)28-5-3-6-34(43-28)39(40,41)42/h3,5-8,21-24,27H,4,9-20H2,1-2H3,(H,44,53)(H,45,52,55). The SMILES string of the molecule is COc1cc2nn(C3CCN(CCCN4CCN(C(=O)c5ccc(OC)c(N6CCC(=O)NC6=O)c5)CC4)CC3)cc2cc1NC(=O)c1cccc(C(F)(F)F)n1. The van der Waals surface area contributed by atoms with Crippen LogP contribution in [0.25, 0.3) is 10.9 Å². The summed E-state index contributed by atoms with van der Waals surface area (Å²) >= 11 is 0. The van der Waals surface area contributed by atoms with Crippen LogP contribution in [0.2, 0.25) is 0 Å². The van der Waals surface area contributed by atoms with Crippen molar-refractivity contribution in [2.45, 2.75) is 37.9 Å². The summed E-state index contributed by atoms with van der Waals surface area (Å²) in [6.07, 6.45) is 0.223. The second kappa shape index (κ2) is 16.8. The van der Waals surface area contributed by atoms with Gasteiger partial charge in [0.25, 0.3) is 11.8 Å². The Labute approximate surface area is 326 Å². The number of nitrogens with zero attached hydrogens (tertiary/aromatic N) is 7. The second-order valence-corrected chi connectivity index (χ2v) is 14.3. The lowest BCUT2D eigenvalue weighted by molar-refractivity contribution is -0.141. The van der Waals surface area contributed by atoms with Gasteiger partial charge in [0.05, 0.1) is 37.2 Å². The fraction of sp³-hybridized carbons (Fsp3) is 0.436. The molecule has 0 radical (unpaired) electrons. The Morgan fingerprint density at radius 3 is 2.30 bits per heavy atom. The normalized spacial score (nSPS) is 17.5. The van der Waals surface area contributed by atoms with Crippen LogP contribution in [0.4, 0.5) is 29.3 Å². The van der Waals surface area contributed by atoms with Crippen LogP contribution < -0.4 is 25.0 Å². The van der Waals surface area contributed by atoms with Crippen LogP contribution in [-0.4, -0.2) is 126 Å². The summed E-state index contributed by atoms with van der Waals surface area (Å²) in [6.45, 7) is 6.62. The number of rotatable bonds is 11. The summed E-state index contributed by atoms with van der Waals surface area (Å²) < 4.78 is 52.3. The fourth-order valence-corrected chi connectivity index (χ4v) is 7.54. The molecule has 3 fully saturated rings. The Hall–Kier alpha value is -5.75. The number of fused-ring (bicyclic) bond motifs is 1. The van der Waals surface area contributed by atoms with Gasteiger partial charge in [-0.25, -0.2) is 9.78 Å². The summed E-state index contributed by atoms with van der Waals surface area (Å²) in [6, 6.07) is 11.2. The number of hydrogen-bond acceptors (Lipinski definition) is 10. The largest absolute Gasteiger partial charge is 0.495 e. The number of carbonyl (C=O) groups is 4. The molecular weight excluding hydrogens is 747 g/mol. The Morgan fingerprint density at radius 1 is 0.895 bits per heavy atom. The highest BCUT2D eigenvalue weighted by atomic mass is 19.4. The van der Waals surface area contributed by atoms with Crippen LogP contribution in [-0.2, 0) is 11.0 Å². The predicted octanol–water partition coefficient (Wildman–Crippen LogP) is 4.65. The van der Waals surface area contributed by atoms with Crippen LogP contribution in [0.1, 0.15) is 58.3 Å². The van der Waals surface area contributed by atoms with E-state index >= 15 is 0 Å². The molecule has 3 aliphatic rings. The first-order valence-electron chi connectivity index (χ1n) is 18.9. The van der Waals surface area contributed by atoms with E-state index in [1.54, 1.807) is 30.3 Å². The molecule has 302 valence electrons. The van der Waals surface area contributed by atoms with Gasteiger partial charge in [0.15, 0.2) is 0 Å². The summed E-state index contributed by atoms with van der Waals surface area (Å²) in [5.41, 5.74) is 0.366. The van der Waals surface area contributed by atoms with Crippen molar-refractivity contribution in [2.24, 2.45) is 0 Å². The van der Waals surface area contributed by atoms with Crippen molar-refractivity contribution in [1.29, 1.82) is 0 Å². The van der Waals surface area contributed by atoms with Crippen molar-refractivity contribution in [3.8, 4) is 11.5 Å². The van der Waals surface area contributed by atoms with Crippen molar-refractivity contribution in [2.75, 3.05) is 83.3 Å². The number of ether oxygens (including phenoxy) is 2. The lowest BCUT2D eigenvalue weighted by atomic mass is 10.1. The minimum absolute atomic E-state index is 0.113. The number of methoxy groups -OCH3 is 2. The molecule has 0 unspecified atom stereocenters.